The van der Waals surface area contributed by atoms with Crippen LogP contribution in [0.3, 0.4) is 0 Å². The molecule has 5 N–H and O–H groups in total. The first-order valence-electron chi connectivity index (χ1n) is 28.7. The SMILES string of the molecule is CCC(CO)COP(=O)([O-])OCCOP(=O)([O-])OCC(CC)COP(=O)([O-])OCCOP(=O)([O-])OCC(CC)COP(=O)([O-])OCCOP(=O)([O-])OCC(CC)COP(=O)([O-])OCCOP(=O)([O-])OCC(CC)COP(=O)([O-])O.CCOP(=O)([O-])O.CCOP(=O)([O-])O.CCOP(=O)([O-])O. The first-order chi connectivity index (χ1) is 45.6. The van der Waals surface area contributed by atoms with Crippen molar-refractivity contribution in [2.24, 2.45) is 29.6 Å². The quantitative estimate of drug-likeness (QED) is 0.0326. The van der Waals surface area contributed by atoms with Crippen molar-refractivity contribution in [2.75, 3.05) is 139 Å². The second kappa shape index (κ2) is 54.8. The summed E-state index contributed by atoms with van der Waals surface area (Å²) in [5.41, 5.74) is 0. The van der Waals surface area contributed by atoms with Gasteiger partial charge in [0.25, 0.3) is 93.9 Å². The van der Waals surface area contributed by atoms with Crippen molar-refractivity contribution >= 4 is 93.9 Å². The first kappa shape index (κ1) is 108. The summed E-state index contributed by atoms with van der Waals surface area (Å²) in [6.45, 7) is -1.05. The lowest BCUT2D eigenvalue weighted by Gasteiger charge is -2.29. The molecule has 0 heterocycles. The molecule has 100 heavy (non-hydrogen) atoms. The van der Waals surface area contributed by atoms with Crippen LogP contribution in [0.1, 0.15) is 87.5 Å². The molecular formula is C39H86O49P12-12. The molecule has 0 fully saturated rings. The topological polar surface area (TPSA) is 767 Å². The van der Waals surface area contributed by atoms with E-state index in [-0.39, 0.29) is 58.7 Å². The van der Waals surface area contributed by atoms with Crippen molar-refractivity contribution < 1.29 is 229 Å². The maximum Gasteiger partial charge on any atom is 0.267 e. The molecule has 17 unspecified atom stereocenters. The van der Waals surface area contributed by atoms with Gasteiger partial charge in [-0.05, 0) is 52.9 Å². The van der Waals surface area contributed by atoms with Crippen LogP contribution < -0.4 is 58.7 Å². The summed E-state index contributed by atoms with van der Waals surface area (Å²) in [5, 5.41) is 9.10. The van der Waals surface area contributed by atoms with Gasteiger partial charge in [0, 0.05) is 36.2 Å². The molecule has 0 aromatic heterocycles. The van der Waals surface area contributed by atoms with E-state index in [1.54, 1.807) is 6.92 Å². The van der Waals surface area contributed by atoms with Crippen LogP contribution in [-0.2, 0) is 145 Å². The summed E-state index contributed by atoms with van der Waals surface area (Å²) in [6, 6.07) is 0. The van der Waals surface area contributed by atoms with Gasteiger partial charge in [0.15, 0.2) is 0 Å². The normalized spacial score (nSPS) is 20.7. The van der Waals surface area contributed by atoms with Gasteiger partial charge in [0.05, 0.1) is 132 Å². The minimum atomic E-state index is -5.19. The Kier molecular flexibility index (Phi) is 59.0. The number of hydrogen-bond acceptors (Lipinski definition) is 45. The molecule has 0 spiro atoms. The van der Waals surface area contributed by atoms with Gasteiger partial charge in [-0.1, -0.05) is 34.6 Å². The Morgan fingerprint density at radius 2 is 0.350 bits per heavy atom. The Balaban J connectivity index is -0.00000188. The van der Waals surface area contributed by atoms with Gasteiger partial charge in [-0.25, -0.2) is 0 Å². The molecule has 0 bridgehead atoms. The van der Waals surface area contributed by atoms with Gasteiger partial charge in [-0.3, -0.25) is 54.8 Å². The predicted molar refractivity (Wildman–Crippen MR) is 312 cm³/mol. The molecule has 0 rings (SSSR count). The van der Waals surface area contributed by atoms with Crippen LogP contribution in [0.2, 0.25) is 0 Å². The maximum absolute atomic E-state index is 12.3. The molecule has 49 nitrogen and oxygen atoms in total. The Bertz CT molecular complexity index is 2700. The molecule has 61 heteroatoms. The van der Waals surface area contributed by atoms with E-state index in [1.165, 1.54) is 48.5 Å². The van der Waals surface area contributed by atoms with E-state index >= 15 is 0 Å². The Morgan fingerprint density at radius 3 is 0.450 bits per heavy atom. The van der Waals surface area contributed by atoms with Crippen molar-refractivity contribution in [1.29, 1.82) is 0 Å². The van der Waals surface area contributed by atoms with Gasteiger partial charge < -0.3 is 174 Å². The van der Waals surface area contributed by atoms with Gasteiger partial charge >= 0.3 is 0 Å². The Morgan fingerprint density at radius 1 is 0.220 bits per heavy atom. The summed E-state index contributed by atoms with van der Waals surface area (Å²) in [6.07, 6.45) is 0.811. The number of hydrogen-bond donors (Lipinski definition) is 5. The molecular weight excluding hydrogens is 1620 g/mol. The number of rotatable bonds is 59. The van der Waals surface area contributed by atoms with Gasteiger partial charge in [0.1, 0.15) is 0 Å². The van der Waals surface area contributed by atoms with Gasteiger partial charge in [0.2, 0.25) is 0 Å². The molecule has 0 aliphatic heterocycles. The number of phosphoric acid groups is 12. The third kappa shape index (κ3) is 72.2. The average molecular weight is 1710 g/mol. The second-order valence-corrected chi connectivity index (χ2v) is 34.7. The molecule has 0 aromatic carbocycles. The van der Waals surface area contributed by atoms with E-state index in [0.29, 0.717) is 6.42 Å². The van der Waals surface area contributed by atoms with Crippen LogP contribution in [0.15, 0.2) is 0 Å². The van der Waals surface area contributed by atoms with Crippen LogP contribution in [0, 0.1) is 29.6 Å². The highest BCUT2D eigenvalue weighted by Crippen LogP contribution is 2.47. The molecule has 0 aliphatic rings. The minimum absolute atomic E-state index is 0.0166. The lowest BCUT2D eigenvalue weighted by molar-refractivity contribution is -0.237. The fraction of sp³-hybridized carbons (Fsp3) is 1.00. The molecule has 0 aliphatic carbocycles. The summed E-state index contributed by atoms with van der Waals surface area (Å²) in [7, 11) is -59.1. The van der Waals surface area contributed by atoms with Crippen molar-refractivity contribution in [1.82, 2.24) is 0 Å². The number of aliphatic hydroxyl groups is 1. The predicted octanol–water partition coefficient (Wildman–Crippen LogP) is -1.95. The Labute approximate surface area is 576 Å². The van der Waals surface area contributed by atoms with Crippen LogP contribution in [-0.4, -0.2) is 163 Å². The van der Waals surface area contributed by atoms with Crippen molar-refractivity contribution in [3.05, 3.63) is 0 Å². The van der Waals surface area contributed by atoms with E-state index in [0.717, 1.165) is 0 Å². The highest BCUT2D eigenvalue weighted by molar-refractivity contribution is 7.48. The lowest BCUT2D eigenvalue weighted by atomic mass is 10.1. The van der Waals surface area contributed by atoms with Crippen LogP contribution in [0.25, 0.3) is 0 Å². The fourth-order valence-corrected chi connectivity index (χ4v) is 12.7. The third-order valence-corrected chi connectivity index (χ3v) is 20.5. The molecule has 0 radical (unpaired) electrons. The molecule has 0 saturated heterocycles. The van der Waals surface area contributed by atoms with Crippen molar-refractivity contribution in [2.45, 2.75) is 87.5 Å². The molecule has 0 saturated carbocycles. The molecule has 0 aromatic rings. The highest BCUT2D eigenvalue weighted by atomic mass is 31.2. The number of phosphoric ester groups is 12. The third-order valence-electron chi connectivity index (χ3n) is 10.6. The first-order valence-corrected chi connectivity index (χ1v) is 46.4. The standard InChI is InChI=1S/C33H77O37P9.3C2H7O4P/c1-6-29(19-34)20-63-72(38,39)54-11-12-56-74(42,43)65-23-31(8-3)24-67-76(46,47)58-15-16-60-78(50,51)69-27-33(10-5)28-70-79(52,53)61-18-17-59-77(48,49)68-26-32(9-4)25-66-75(44,45)57-14-13-55-73(40,41)64-22-30(7-2)21-62-71(35,36)37;3*1-2-6-7(3,4)5/h29-34H,6-28H2,1-5H3,(H,38,39)(H,40,41)(H,42,43)(H,44,45)(H,46,47)(H,48,49)(H,50,51)(H,52,53)(H2,35,36,37);3*2H2,1H3,(H2,3,4,5)/p-12. The maximum atomic E-state index is 12.3. The highest BCUT2D eigenvalue weighted by Gasteiger charge is 2.24. The summed E-state index contributed by atoms with van der Waals surface area (Å²) in [5.74, 6) is -4.04. The average Bonchev–Trinajstić information content (AvgIpc) is 0.908. The summed E-state index contributed by atoms with van der Waals surface area (Å²) >= 11 is 0. The zero-order chi connectivity index (χ0) is 78.4. The summed E-state index contributed by atoms with van der Waals surface area (Å²) < 4.78 is 225. The smallest absolute Gasteiger partial charge is 0.267 e. The van der Waals surface area contributed by atoms with E-state index in [2.05, 4.69) is 76.9 Å². The van der Waals surface area contributed by atoms with Crippen LogP contribution in [0.4, 0.5) is 0 Å². The monoisotopic (exact) mass is 1710 g/mol. The molecule has 608 valence electrons. The largest absolute Gasteiger partial charge is 0.756 e. The van der Waals surface area contributed by atoms with Crippen molar-refractivity contribution in [3.63, 3.8) is 0 Å². The zero-order valence-electron chi connectivity index (χ0n) is 54.8. The number of aliphatic hydroxyl groups excluding tert-OH is 1. The van der Waals surface area contributed by atoms with E-state index < -0.39 is 229 Å². The van der Waals surface area contributed by atoms with Gasteiger partial charge in [-0.15, -0.1) is 0 Å². The molecule has 17 atom stereocenters. The van der Waals surface area contributed by atoms with E-state index in [9.17, 15) is 114 Å². The lowest BCUT2D eigenvalue weighted by Crippen LogP contribution is -2.22. The van der Waals surface area contributed by atoms with Gasteiger partial charge in [-0.2, -0.15) is 0 Å². The van der Waals surface area contributed by atoms with Crippen LogP contribution >= 0.6 is 93.9 Å². The zero-order valence-corrected chi connectivity index (χ0v) is 65.6. The minimum Gasteiger partial charge on any atom is -0.756 e. The van der Waals surface area contributed by atoms with Crippen molar-refractivity contribution in [3.8, 4) is 0 Å². The fourth-order valence-electron chi connectivity index (χ4n) is 5.19. The molecule has 0 amide bonds. The van der Waals surface area contributed by atoms with E-state index in [4.69, 9.17) is 38.3 Å². The van der Waals surface area contributed by atoms with E-state index in [1.807, 2.05) is 0 Å². The summed E-state index contributed by atoms with van der Waals surface area (Å²) in [4.78, 5) is 168. The second-order valence-electron chi connectivity index (χ2n) is 18.6. The van der Waals surface area contributed by atoms with Crippen LogP contribution in [0.5, 0.6) is 0 Å². The Hall–Kier alpha value is 1.28.